The van der Waals surface area contributed by atoms with Crippen LogP contribution in [0, 0.1) is 29.1 Å². The topological polar surface area (TPSA) is 132 Å². The Hall–Kier alpha value is -1.63. The second kappa shape index (κ2) is 8.01. The maximum absolute atomic E-state index is 12.9. The van der Waals surface area contributed by atoms with Crippen molar-refractivity contribution in [3.63, 3.8) is 0 Å². The number of hydrogen-bond acceptors (Lipinski definition) is 4. The molecule has 2 unspecified atom stereocenters. The quantitative estimate of drug-likeness (QED) is 0.495. The first-order valence-corrected chi connectivity index (χ1v) is 10.7. The molecule has 0 heterocycles. The van der Waals surface area contributed by atoms with Crippen LogP contribution in [0.4, 0.5) is 0 Å². The van der Waals surface area contributed by atoms with Crippen LogP contribution in [0.3, 0.4) is 0 Å². The minimum Gasteiger partial charge on any atom is -0.481 e. The predicted octanol–water partition coefficient (Wildman–Crippen LogP) is 3.14. The molecule has 0 spiro atoms. The summed E-state index contributed by atoms with van der Waals surface area (Å²) >= 11 is 0. The molecule has 3 saturated carbocycles. The summed E-state index contributed by atoms with van der Waals surface area (Å²) in [5.41, 5.74) is -4.78. The van der Waals surface area contributed by atoms with Crippen molar-refractivity contribution in [2.45, 2.75) is 82.7 Å². The third-order valence-electron chi connectivity index (χ3n) is 7.90. The Morgan fingerprint density at radius 2 is 1.07 bits per heavy atom. The van der Waals surface area contributed by atoms with Crippen molar-refractivity contribution in [3.8, 4) is 0 Å². The average molecular weight is 396 g/mol. The molecule has 0 amide bonds. The molecule has 7 nitrogen and oxygen atoms in total. The van der Waals surface area contributed by atoms with Gasteiger partial charge in [-0.2, -0.15) is 0 Å². The summed E-state index contributed by atoms with van der Waals surface area (Å²) in [6, 6.07) is 0. The lowest BCUT2D eigenvalue weighted by atomic mass is 9.51. The molecule has 0 radical (unpaired) electrons. The van der Waals surface area contributed by atoms with Gasteiger partial charge in [0.15, 0.2) is 5.60 Å². The van der Waals surface area contributed by atoms with Gasteiger partial charge in [-0.25, -0.2) is 4.79 Å². The van der Waals surface area contributed by atoms with Gasteiger partial charge in [0.2, 0.25) is 0 Å². The van der Waals surface area contributed by atoms with E-state index in [0.717, 1.165) is 38.5 Å². The Labute approximate surface area is 165 Å². The van der Waals surface area contributed by atoms with E-state index in [4.69, 9.17) is 0 Å². The van der Waals surface area contributed by atoms with Crippen LogP contribution in [-0.2, 0) is 14.4 Å². The summed E-state index contributed by atoms with van der Waals surface area (Å²) in [6.45, 7) is 0. The zero-order chi connectivity index (χ0) is 20.5. The monoisotopic (exact) mass is 396 g/mol. The molecule has 0 bridgehead atoms. The molecule has 3 aliphatic carbocycles. The Bertz CT molecular complexity index is 596. The summed E-state index contributed by atoms with van der Waals surface area (Å²) in [5.74, 6) is -7.56. The van der Waals surface area contributed by atoms with Gasteiger partial charge in [0.25, 0.3) is 0 Å². The van der Waals surface area contributed by atoms with Crippen molar-refractivity contribution in [1.29, 1.82) is 0 Å². The zero-order valence-corrected chi connectivity index (χ0v) is 16.3. The van der Waals surface area contributed by atoms with Crippen molar-refractivity contribution in [2.75, 3.05) is 0 Å². The van der Waals surface area contributed by atoms with E-state index in [0.29, 0.717) is 38.5 Å². The van der Waals surface area contributed by atoms with Crippen LogP contribution < -0.4 is 0 Å². The fourth-order valence-corrected chi connectivity index (χ4v) is 6.81. The Morgan fingerprint density at radius 3 is 1.39 bits per heavy atom. The summed E-state index contributed by atoms with van der Waals surface area (Å²) < 4.78 is 0. The number of carbonyl (C=O) groups is 3. The van der Waals surface area contributed by atoms with Crippen molar-refractivity contribution in [2.24, 2.45) is 29.1 Å². The Balaban J connectivity index is 2.23. The first-order valence-electron chi connectivity index (χ1n) is 10.7. The minimum atomic E-state index is -2.82. The maximum Gasteiger partial charge on any atom is 0.337 e. The van der Waals surface area contributed by atoms with Crippen LogP contribution in [-0.4, -0.2) is 43.9 Å². The lowest BCUT2D eigenvalue weighted by Crippen LogP contribution is -2.70. The van der Waals surface area contributed by atoms with E-state index in [1.54, 1.807) is 0 Å². The van der Waals surface area contributed by atoms with E-state index < -0.39 is 52.6 Å². The fourth-order valence-electron chi connectivity index (χ4n) is 6.81. The summed E-state index contributed by atoms with van der Waals surface area (Å²) in [4.78, 5) is 37.8. The molecule has 3 rings (SSSR count). The van der Waals surface area contributed by atoms with E-state index in [9.17, 15) is 34.8 Å². The molecular weight excluding hydrogens is 364 g/mol. The van der Waals surface area contributed by atoms with Gasteiger partial charge < -0.3 is 20.4 Å². The van der Waals surface area contributed by atoms with E-state index in [1.807, 2.05) is 0 Å². The molecule has 0 saturated heterocycles. The van der Waals surface area contributed by atoms with Crippen LogP contribution in [0.15, 0.2) is 0 Å². The van der Waals surface area contributed by atoms with Crippen LogP contribution in [0.2, 0.25) is 0 Å². The van der Waals surface area contributed by atoms with Gasteiger partial charge in [0.05, 0.1) is 0 Å². The van der Waals surface area contributed by atoms with Crippen LogP contribution in [0.25, 0.3) is 0 Å². The highest BCUT2D eigenvalue weighted by atomic mass is 16.4. The highest BCUT2D eigenvalue weighted by Gasteiger charge is 2.73. The SMILES string of the molecule is O=C(O)C(C1CCCC1)C(O)(C(=O)O)C(C(=O)O)(C1CCCC1)C1CCCC1. The van der Waals surface area contributed by atoms with E-state index in [-0.39, 0.29) is 0 Å². The molecule has 7 heteroatoms. The molecule has 3 fully saturated rings. The highest BCUT2D eigenvalue weighted by molar-refractivity contribution is 5.94. The molecular formula is C21H32O7. The van der Waals surface area contributed by atoms with Crippen molar-refractivity contribution in [3.05, 3.63) is 0 Å². The van der Waals surface area contributed by atoms with Crippen LogP contribution in [0.1, 0.15) is 77.0 Å². The van der Waals surface area contributed by atoms with Gasteiger partial charge >= 0.3 is 17.9 Å². The summed E-state index contributed by atoms with van der Waals surface area (Å²) in [5, 5.41) is 42.6. The zero-order valence-electron chi connectivity index (χ0n) is 16.3. The maximum atomic E-state index is 12.9. The number of carboxylic acid groups (broad SMARTS) is 3. The summed E-state index contributed by atoms with van der Waals surface area (Å²) in [7, 11) is 0. The molecule has 28 heavy (non-hydrogen) atoms. The highest BCUT2D eigenvalue weighted by Crippen LogP contribution is 2.60. The number of carboxylic acids is 3. The van der Waals surface area contributed by atoms with Crippen LogP contribution in [0.5, 0.6) is 0 Å². The van der Waals surface area contributed by atoms with Gasteiger partial charge in [0, 0.05) is 0 Å². The third kappa shape index (κ3) is 3.02. The first-order chi connectivity index (χ1) is 13.3. The smallest absolute Gasteiger partial charge is 0.337 e. The van der Waals surface area contributed by atoms with Crippen molar-refractivity contribution < 1.29 is 34.8 Å². The number of rotatable bonds is 8. The second-order valence-corrected chi connectivity index (χ2v) is 9.07. The van der Waals surface area contributed by atoms with Gasteiger partial charge in [0.1, 0.15) is 11.3 Å². The predicted molar refractivity (Wildman–Crippen MR) is 99.7 cm³/mol. The van der Waals surface area contributed by atoms with Gasteiger partial charge in [-0.15, -0.1) is 0 Å². The van der Waals surface area contributed by atoms with Gasteiger partial charge in [-0.05, 0) is 56.3 Å². The first kappa shape index (κ1) is 21.1. The minimum absolute atomic E-state index is 0.511. The van der Waals surface area contributed by atoms with E-state index in [2.05, 4.69) is 0 Å². The van der Waals surface area contributed by atoms with Gasteiger partial charge in [-0.3, -0.25) is 9.59 Å². The molecule has 2 atom stereocenters. The number of aliphatic hydroxyl groups is 1. The Morgan fingerprint density at radius 1 is 0.679 bits per heavy atom. The second-order valence-electron chi connectivity index (χ2n) is 9.07. The van der Waals surface area contributed by atoms with Crippen LogP contribution >= 0.6 is 0 Å². The third-order valence-corrected chi connectivity index (χ3v) is 7.90. The molecule has 0 aromatic heterocycles. The molecule has 0 aliphatic heterocycles. The largest absolute Gasteiger partial charge is 0.481 e. The molecule has 4 N–H and O–H groups in total. The molecule has 0 aromatic rings. The lowest BCUT2D eigenvalue weighted by Gasteiger charge is -2.52. The normalized spacial score (nSPS) is 25.6. The lowest BCUT2D eigenvalue weighted by molar-refractivity contribution is -0.226. The van der Waals surface area contributed by atoms with Gasteiger partial charge in [-0.1, -0.05) is 38.5 Å². The standard InChI is InChI=1S/C21H32O7/c22-17(23)16(13-7-1-2-8-13)21(28,19(26)27)20(18(24)25,14-9-3-4-10-14)15-11-5-6-12-15/h13-16,28H,1-12H2,(H,22,23)(H,24,25)(H,26,27). The number of hydrogen-bond donors (Lipinski definition) is 4. The molecule has 158 valence electrons. The van der Waals surface area contributed by atoms with E-state index >= 15 is 0 Å². The average Bonchev–Trinajstić information content (AvgIpc) is 3.39. The molecule has 3 aliphatic rings. The number of aliphatic carboxylic acids is 3. The van der Waals surface area contributed by atoms with Crippen molar-refractivity contribution in [1.82, 2.24) is 0 Å². The fraction of sp³-hybridized carbons (Fsp3) is 0.857. The molecule has 0 aromatic carbocycles. The van der Waals surface area contributed by atoms with Crippen molar-refractivity contribution >= 4 is 17.9 Å². The van der Waals surface area contributed by atoms with E-state index in [1.165, 1.54) is 0 Å². The Kier molecular flexibility index (Phi) is 6.03. The summed E-state index contributed by atoms with van der Waals surface area (Å²) in [6.07, 6.45) is 7.79.